The minimum absolute atomic E-state index is 0.000953. The minimum Gasteiger partial charge on any atom is -0.494 e. The van der Waals surface area contributed by atoms with E-state index in [1.807, 2.05) is 41.0 Å². The van der Waals surface area contributed by atoms with Crippen molar-refractivity contribution in [3.63, 3.8) is 0 Å². The monoisotopic (exact) mass is 414 g/mol. The molecule has 1 aromatic carbocycles. The van der Waals surface area contributed by atoms with Gasteiger partial charge in [0.2, 0.25) is 17.7 Å². The lowest BCUT2D eigenvalue weighted by Crippen LogP contribution is -2.52. The van der Waals surface area contributed by atoms with E-state index in [1.165, 1.54) is 0 Å². The van der Waals surface area contributed by atoms with Gasteiger partial charge in [-0.3, -0.25) is 9.59 Å². The summed E-state index contributed by atoms with van der Waals surface area (Å²) in [5.74, 6) is 2.00. The summed E-state index contributed by atoms with van der Waals surface area (Å²) in [5, 5.41) is 3.90. The highest BCUT2D eigenvalue weighted by molar-refractivity contribution is 5.79. The maximum absolute atomic E-state index is 12.9. The Kier molecular flexibility index (Phi) is 7.43. The molecule has 30 heavy (non-hydrogen) atoms. The van der Waals surface area contributed by atoms with E-state index >= 15 is 0 Å². The second-order valence-electron chi connectivity index (χ2n) is 7.58. The first-order chi connectivity index (χ1) is 14.5. The van der Waals surface area contributed by atoms with Crippen molar-refractivity contribution in [2.45, 2.75) is 52.5 Å². The zero-order chi connectivity index (χ0) is 21.5. The summed E-state index contributed by atoms with van der Waals surface area (Å²) >= 11 is 0. The summed E-state index contributed by atoms with van der Waals surface area (Å²) in [4.78, 5) is 33.0. The SMILES string of the molecule is CCOc1ccc(CC(=O)N2CCCC(N(CCc3noc(C)n3)C(C)=O)C2)cc1. The molecule has 162 valence electrons. The molecular formula is C22H30N4O4. The van der Waals surface area contributed by atoms with Crippen LogP contribution in [0.2, 0.25) is 0 Å². The summed E-state index contributed by atoms with van der Waals surface area (Å²) in [6.07, 6.45) is 2.65. The number of carbonyl (C=O) groups excluding carboxylic acids is 2. The number of benzene rings is 1. The van der Waals surface area contributed by atoms with Gasteiger partial charge >= 0.3 is 0 Å². The first-order valence-electron chi connectivity index (χ1n) is 10.5. The number of aromatic nitrogens is 2. The molecule has 0 aliphatic carbocycles. The molecule has 0 saturated carbocycles. The third-order valence-corrected chi connectivity index (χ3v) is 5.33. The lowest BCUT2D eigenvalue weighted by atomic mass is 10.0. The first-order valence-corrected chi connectivity index (χ1v) is 10.5. The van der Waals surface area contributed by atoms with Crippen LogP contribution in [-0.2, 0) is 22.4 Å². The van der Waals surface area contributed by atoms with Gasteiger partial charge in [0.15, 0.2) is 5.82 Å². The van der Waals surface area contributed by atoms with E-state index in [0.29, 0.717) is 44.3 Å². The number of likely N-dealkylation sites (tertiary alicyclic amines) is 1. The van der Waals surface area contributed by atoms with E-state index < -0.39 is 0 Å². The Morgan fingerprint density at radius 1 is 1.30 bits per heavy atom. The van der Waals surface area contributed by atoms with Crippen LogP contribution < -0.4 is 4.74 Å². The number of carbonyl (C=O) groups is 2. The van der Waals surface area contributed by atoms with Gasteiger partial charge in [-0.05, 0) is 37.5 Å². The fraction of sp³-hybridized carbons (Fsp3) is 0.545. The van der Waals surface area contributed by atoms with Gasteiger partial charge in [-0.2, -0.15) is 4.98 Å². The fourth-order valence-electron chi connectivity index (χ4n) is 3.85. The molecule has 2 heterocycles. The quantitative estimate of drug-likeness (QED) is 0.659. The molecule has 0 spiro atoms. The predicted octanol–water partition coefficient (Wildman–Crippen LogP) is 2.40. The van der Waals surface area contributed by atoms with Gasteiger partial charge < -0.3 is 19.1 Å². The van der Waals surface area contributed by atoms with Crippen LogP contribution in [0.5, 0.6) is 5.75 Å². The van der Waals surface area contributed by atoms with E-state index in [2.05, 4.69) is 10.1 Å². The van der Waals surface area contributed by atoms with Crippen molar-refractivity contribution < 1.29 is 18.8 Å². The van der Waals surface area contributed by atoms with Crippen molar-refractivity contribution >= 4 is 11.8 Å². The number of amides is 2. The average molecular weight is 415 g/mol. The highest BCUT2D eigenvalue weighted by atomic mass is 16.5. The van der Waals surface area contributed by atoms with Gasteiger partial charge in [-0.25, -0.2) is 0 Å². The fourth-order valence-corrected chi connectivity index (χ4v) is 3.85. The molecule has 2 amide bonds. The van der Waals surface area contributed by atoms with E-state index in [9.17, 15) is 9.59 Å². The molecule has 1 aliphatic rings. The standard InChI is InChI=1S/C22H30N4O4/c1-4-29-20-9-7-18(8-10-20)14-22(28)25-12-5-6-19(15-25)26(17(3)27)13-11-21-23-16(2)30-24-21/h7-10,19H,4-6,11-15H2,1-3H3. The normalized spacial score (nSPS) is 16.4. The maximum Gasteiger partial charge on any atom is 0.227 e. The van der Waals surface area contributed by atoms with Crippen LogP contribution >= 0.6 is 0 Å². The number of rotatable bonds is 8. The molecule has 1 aromatic heterocycles. The van der Waals surface area contributed by atoms with Gasteiger partial charge in [-0.15, -0.1) is 0 Å². The Hall–Kier alpha value is -2.90. The summed E-state index contributed by atoms with van der Waals surface area (Å²) in [7, 11) is 0. The van der Waals surface area contributed by atoms with Crippen molar-refractivity contribution in [3.8, 4) is 5.75 Å². The zero-order valence-corrected chi connectivity index (χ0v) is 18.0. The molecule has 1 atom stereocenters. The lowest BCUT2D eigenvalue weighted by molar-refractivity contribution is -0.138. The number of aryl methyl sites for hydroxylation is 1. The van der Waals surface area contributed by atoms with Crippen LogP contribution in [0, 0.1) is 6.92 Å². The Morgan fingerprint density at radius 3 is 2.70 bits per heavy atom. The number of ether oxygens (including phenoxy) is 1. The molecule has 2 aromatic rings. The predicted molar refractivity (Wildman–Crippen MR) is 111 cm³/mol. The first kappa shape index (κ1) is 21.8. The average Bonchev–Trinajstić information content (AvgIpc) is 3.15. The van der Waals surface area contributed by atoms with E-state index in [-0.39, 0.29) is 17.9 Å². The smallest absolute Gasteiger partial charge is 0.227 e. The van der Waals surface area contributed by atoms with Crippen LogP contribution in [-0.4, -0.2) is 64.0 Å². The third-order valence-electron chi connectivity index (χ3n) is 5.33. The Balaban J connectivity index is 1.57. The van der Waals surface area contributed by atoms with E-state index in [0.717, 1.165) is 30.7 Å². The van der Waals surface area contributed by atoms with Crippen LogP contribution in [0.25, 0.3) is 0 Å². The van der Waals surface area contributed by atoms with Gasteiger partial charge in [0, 0.05) is 45.9 Å². The second-order valence-corrected chi connectivity index (χ2v) is 7.58. The Labute approximate surface area is 177 Å². The molecule has 8 nitrogen and oxygen atoms in total. The molecule has 1 unspecified atom stereocenters. The molecule has 1 fully saturated rings. The van der Waals surface area contributed by atoms with Gasteiger partial charge in [0.25, 0.3) is 0 Å². The Bertz CT molecular complexity index is 849. The van der Waals surface area contributed by atoms with Crippen molar-refractivity contribution in [1.82, 2.24) is 19.9 Å². The lowest BCUT2D eigenvalue weighted by Gasteiger charge is -2.39. The minimum atomic E-state index is 0.000953. The van der Waals surface area contributed by atoms with Crippen LogP contribution in [0.1, 0.15) is 44.0 Å². The Morgan fingerprint density at radius 2 is 2.07 bits per heavy atom. The molecule has 3 rings (SSSR count). The van der Waals surface area contributed by atoms with Crippen molar-refractivity contribution in [3.05, 3.63) is 41.5 Å². The zero-order valence-electron chi connectivity index (χ0n) is 18.0. The van der Waals surface area contributed by atoms with Crippen LogP contribution in [0.15, 0.2) is 28.8 Å². The summed E-state index contributed by atoms with van der Waals surface area (Å²) in [6.45, 7) is 7.67. The van der Waals surface area contributed by atoms with Gasteiger partial charge in [0.05, 0.1) is 13.0 Å². The third kappa shape index (κ3) is 5.81. The molecule has 1 saturated heterocycles. The number of nitrogens with zero attached hydrogens (tertiary/aromatic N) is 4. The number of hydrogen-bond donors (Lipinski definition) is 0. The molecule has 0 bridgehead atoms. The van der Waals surface area contributed by atoms with E-state index in [4.69, 9.17) is 9.26 Å². The van der Waals surface area contributed by atoms with Crippen molar-refractivity contribution in [2.75, 3.05) is 26.2 Å². The number of piperidine rings is 1. The number of hydrogen-bond acceptors (Lipinski definition) is 6. The van der Waals surface area contributed by atoms with E-state index in [1.54, 1.807) is 13.8 Å². The largest absolute Gasteiger partial charge is 0.494 e. The van der Waals surface area contributed by atoms with Gasteiger partial charge in [-0.1, -0.05) is 17.3 Å². The topological polar surface area (TPSA) is 88.8 Å². The van der Waals surface area contributed by atoms with Crippen molar-refractivity contribution in [2.24, 2.45) is 0 Å². The second kappa shape index (κ2) is 10.2. The van der Waals surface area contributed by atoms with Crippen LogP contribution in [0.3, 0.4) is 0 Å². The van der Waals surface area contributed by atoms with Crippen LogP contribution in [0.4, 0.5) is 0 Å². The maximum atomic E-state index is 12.9. The molecular weight excluding hydrogens is 384 g/mol. The van der Waals surface area contributed by atoms with Crippen molar-refractivity contribution in [1.29, 1.82) is 0 Å². The molecule has 8 heteroatoms. The molecule has 1 aliphatic heterocycles. The summed E-state index contributed by atoms with van der Waals surface area (Å²) in [5.41, 5.74) is 0.960. The molecule has 0 N–H and O–H groups in total. The summed E-state index contributed by atoms with van der Waals surface area (Å²) < 4.78 is 10.5. The highest BCUT2D eigenvalue weighted by Gasteiger charge is 2.29. The summed E-state index contributed by atoms with van der Waals surface area (Å²) in [6, 6.07) is 7.65. The highest BCUT2D eigenvalue weighted by Crippen LogP contribution is 2.19. The molecule has 0 radical (unpaired) electrons. The van der Waals surface area contributed by atoms with Gasteiger partial charge in [0.1, 0.15) is 5.75 Å².